The summed E-state index contributed by atoms with van der Waals surface area (Å²) in [6, 6.07) is 7.06. The average Bonchev–Trinajstić information content (AvgIpc) is 2.35. The van der Waals surface area contributed by atoms with Crippen molar-refractivity contribution in [2.24, 2.45) is 0 Å². The monoisotopic (exact) mass is 240 g/mol. The molecule has 0 aliphatic carbocycles. The van der Waals surface area contributed by atoms with Crippen LogP contribution in [0.5, 0.6) is 0 Å². The van der Waals surface area contributed by atoms with E-state index in [-0.39, 0.29) is 12.5 Å². The van der Waals surface area contributed by atoms with Crippen LogP contribution in [-0.4, -0.2) is 39.4 Å². The number of anilines is 1. The zero-order valence-corrected chi connectivity index (χ0v) is 8.72. The van der Waals surface area contributed by atoms with Gasteiger partial charge in [0.15, 0.2) is 0 Å². The van der Waals surface area contributed by atoms with E-state index in [1.807, 2.05) is 0 Å². The van der Waals surface area contributed by atoms with Crippen molar-refractivity contribution in [2.45, 2.75) is 12.5 Å². The van der Waals surface area contributed by atoms with Crippen molar-refractivity contribution in [3.63, 3.8) is 0 Å². The molecular weight excluding hydrogens is 230 g/mol. The first kappa shape index (κ1) is 11.6. The number of para-hydroxylation sites is 1. The Morgan fingerprint density at radius 3 is 2.59 bits per heavy atom. The Hall–Kier alpha value is -1.89. The van der Waals surface area contributed by atoms with E-state index in [0.717, 1.165) is 0 Å². The Balaban J connectivity index is 2.09. The van der Waals surface area contributed by atoms with Crippen LogP contribution < -0.4 is 5.32 Å². The standard InChI is InChI=1S/C10H10F2N4O/c11-9(12)8(17)5-13-10-14-6-3-1-2-4-7(6)15-16-10/h1-4,8-9,17H,5H2,(H,13,14,16). The molecular formula is C10H10F2N4O. The molecule has 0 aliphatic rings. The summed E-state index contributed by atoms with van der Waals surface area (Å²) in [5.74, 6) is 0.114. The molecule has 0 fully saturated rings. The molecule has 1 atom stereocenters. The summed E-state index contributed by atoms with van der Waals surface area (Å²) in [6.45, 7) is -0.322. The Morgan fingerprint density at radius 2 is 1.88 bits per heavy atom. The first-order valence-corrected chi connectivity index (χ1v) is 4.96. The van der Waals surface area contributed by atoms with Crippen LogP contribution in [0.2, 0.25) is 0 Å². The topological polar surface area (TPSA) is 70.9 Å². The summed E-state index contributed by atoms with van der Waals surface area (Å²) in [7, 11) is 0. The van der Waals surface area contributed by atoms with Gasteiger partial charge >= 0.3 is 0 Å². The van der Waals surface area contributed by atoms with Gasteiger partial charge in [-0.25, -0.2) is 13.8 Å². The molecule has 0 radical (unpaired) electrons. The molecule has 0 spiro atoms. The third kappa shape index (κ3) is 2.82. The van der Waals surface area contributed by atoms with Gasteiger partial charge in [0.25, 0.3) is 6.43 Å². The largest absolute Gasteiger partial charge is 0.385 e. The molecule has 17 heavy (non-hydrogen) atoms. The first-order chi connectivity index (χ1) is 8.16. The second-order valence-corrected chi connectivity index (χ2v) is 3.41. The lowest BCUT2D eigenvalue weighted by Gasteiger charge is -2.10. The van der Waals surface area contributed by atoms with Crippen molar-refractivity contribution >= 4 is 17.0 Å². The average molecular weight is 240 g/mol. The second kappa shape index (κ2) is 4.96. The molecule has 2 N–H and O–H groups in total. The first-order valence-electron chi connectivity index (χ1n) is 4.96. The molecule has 0 amide bonds. The van der Waals surface area contributed by atoms with Crippen molar-refractivity contribution < 1.29 is 13.9 Å². The molecule has 1 unspecified atom stereocenters. The molecule has 1 heterocycles. The number of aliphatic hydroxyl groups excluding tert-OH is 1. The lowest BCUT2D eigenvalue weighted by Crippen LogP contribution is -2.27. The van der Waals surface area contributed by atoms with Crippen LogP contribution in [0.25, 0.3) is 11.0 Å². The van der Waals surface area contributed by atoms with E-state index in [1.165, 1.54) is 0 Å². The SMILES string of the molecule is OC(CNc1nnc2ccccc2n1)C(F)F. The van der Waals surface area contributed by atoms with Gasteiger partial charge in [-0.05, 0) is 12.1 Å². The highest BCUT2D eigenvalue weighted by molar-refractivity contribution is 5.73. The molecule has 1 aromatic carbocycles. The highest BCUT2D eigenvalue weighted by Gasteiger charge is 2.16. The molecule has 0 bridgehead atoms. The van der Waals surface area contributed by atoms with Crippen molar-refractivity contribution in [2.75, 3.05) is 11.9 Å². The van der Waals surface area contributed by atoms with Crippen LogP contribution in [0.3, 0.4) is 0 Å². The second-order valence-electron chi connectivity index (χ2n) is 3.41. The fraction of sp³-hybridized carbons (Fsp3) is 0.300. The number of hydrogen-bond donors (Lipinski definition) is 2. The van der Waals surface area contributed by atoms with Gasteiger partial charge < -0.3 is 10.4 Å². The Morgan fingerprint density at radius 1 is 1.18 bits per heavy atom. The van der Waals surface area contributed by atoms with E-state index in [0.29, 0.717) is 11.0 Å². The minimum Gasteiger partial charge on any atom is -0.385 e. The van der Waals surface area contributed by atoms with Crippen molar-refractivity contribution in [1.29, 1.82) is 0 Å². The predicted molar refractivity (Wildman–Crippen MR) is 57.8 cm³/mol. The molecule has 2 rings (SSSR count). The van der Waals surface area contributed by atoms with Gasteiger partial charge in [0.05, 0.1) is 5.52 Å². The van der Waals surface area contributed by atoms with Gasteiger partial charge in [-0.15, -0.1) is 10.2 Å². The van der Waals surface area contributed by atoms with Crippen LogP contribution in [0.4, 0.5) is 14.7 Å². The summed E-state index contributed by atoms with van der Waals surface area (Å²) < 4.78 is 24.1. The number of aromatic nitrogens is 3. The summed E-state index contributed by atoms with van der Waals surface area (Å²) in [4.78, 5) is 4.07. The van der Waals surface area contributed by atoms with Crippen molar-refractivity contribution in [3.8, 4) is 0 Å². The minimum atomic E-state index is -2.80. The molecule has 5 nitrogen and oxygen atoms in total. The summed E-state index contributed by atoms with van der Waals surface area (Å²) in [5, 5.41) is 19.0. The van der Waals surface area contributed by atoms with Crippen LogP contribution >= 0.6 is 0 Å². The van der Waals surface area contributed by atoms with Crippen LogP contribution in [-0.2, 0) is 0 Å². The third-order valence-electron chi connectivity index (χ3n) is 2.12. The van der Waals surface area contributed by atoms with Crippen LogP contribution in [0.1, 0.15) is 0 Å². The zero-order chi connectivity index (χ0) is 12.3. The van der Waals surface area contributed by atoms with Gasteiger partial charge in [0.2, 0.25) is 5.95 Å². The highest BCUT2D eigenvalue weighted by atomic mass is 19.3. The Bertz CT molecular complexity index is 508. The van der Waals surface area contributed by atoms with E-state index in [9.17, 15) is 8.78 Å². The summed E-state index contributed by atoms with van der Waals surface area (Å²) in [6.07, 6.45) is -4.54. The summed E-state index contributed by atoms with van der Waals surface area (Å²) in [5.41, 5.74) is 1.23. The van der Waals surface area contributed by atoms with E-state index in [1.54, 1.807) is 24.3 Å². The third-order valence-corrected chi connectivity index (χ3v) is 2.12. The van der Waals surface area contributed by atoms with Gasteiger partial charge in [-0.2, -0.15) is 0 Å². The van der Waals surface area contributed by atoms with Gasteiger partial charge in [0.1, 0.15) is 11.6 Å². The molecule has 7 heteroatoms. The Labute approximate surface area is 95.5 Å². The van der Waals surface area contributed by atoms with E-state index in [2.05, 4.69) is 20.5 Å². The van der Waals surface area contributed by atoms with E-state index in [4.69, 9.17) is 5.11 Å². The smallest absolute Gasteiger partial charge is 0.265 e. The number of hydrogen-bond acceptors (Lipinski definition) is 5. The molecule has 0 aliphatic heterocycles. The number of nitrogens with zero attached hydrogens (tertiary/aromatic N) is 3. The number of rotatable bonds is 4. The number of aliphatic hydroxyl groups is 1. The number of alkyl halides is 2. The zero-order valence-electron chi connectivity index (χ0n) is 8.72. The van der Waals surface area contributed by atoms with E-state index >= 15 is 0 Å². The molecule has 2 aromatic rings. The quantitative estimate of drug-likeness (QED) is 0.836. The molecule has 0 saturated heterocycles. The maximum atomic E-state index is 12.0. The van der Waals surface area contributed by atoms with Gasteiger partial charge in [-0.3, -0.25) is 0 Å². The van der Waals surface area contributed by atoms with Crippen molar-refractivity contribution in [3.05, 3.63) is 24.3 Å². The number of benzene rings is 1. The van der Waals surface area contributed by atoms with E-state index < -0.39 is 12.5 Å². The fourth-order valence-corrected chi connectivity index (χ4v) is 1.24. The predicted octanol–water partition coefficient (Wildman–Crippen LogP) is 1.06. The van der Waals surface area contributed by atoms with Crippen LogP contribution in [0.15, 0.2) is 24.3 Å². The molecule has 1 aromatic heterocycles. The maximum Gasteiger partial charge on any atom is 0.265 e. The molecule has 0 saturated carbocycles. The van der Waals surface area contributed by atoms with Gasteiger partial charge in [0, 0.05) is 6.54 Å². The van der Waals surface area contributed by atoms with Crippen molar-refractivity contribution in [1.82, 2.24) is 15.2 Å². The van der Waals surface area contributed by atoms with Gasteiger partial charge in [-0.1, -0.05) is 12.1 Å². The lowest BCUT2D eigenvalue weighted by atomic mass is 10.3. The normalized spacial score (nSPS) is 12.9. The lowest BCUT2D eigenvalue weighted by molar-refractivity contribution is 0.00376. The maximum absolute atomic E-state index is 12.0. The number of fused-ring (bicyclic) bond motifs is 1. The number of nitrogens with one attached hydrogen (secondary N) is 1. The summed E-state index contributed by atoms with van der Waals surface area (Å²) >= 11 is 0. The Kier molecular flexibility index (Phi) is 3.38. The molecule has 90 valence electrons. The fourth-order valence-electron chi connectivity index (χ4n) is 1.24. The number of halogens is 2. The van der Waals surface area contributed by atoms with Crippen LogP contribution in [0, 0.1) is 0 Å². The highest BCUT2D eigenvalue weighted by Crippen LogP contribution is 2.09. The minimum absolute atomic E-state index is 0.114.